The van der Waals surface area contributed by atoms with E-state index in [1.807, 2.05) is 22.7 Å². The van der Waals surface area contributed by atoms with Crippen LogP contribution in [-0.4, -0.2) is 30.9 Å². The first-order chi connectivity index (χ1) is 21.2. The van der Waals surface area contributed by atoms with Crippen LogP contribution in [0.15, 0.2) is 22.1 Å². The van der Waals surface area contributed by atoms with E-state index in [9.17, 15) is 0 Å². The zero-order valence-corrected chi connectivity index (χ0v) is 30.7. The summed E-state index contributed by atoms with van der Waals surface area (Å²) < 4.78 is 11.8. The highest BCUT2D eigenvalue weighted by Crippen LogP contribution is 2.61. The molecular formula is C33H28N2OS8. The molecule has 0 saturated heterocycles. The molecule has 9 rings (SSSR count). The highest BCUT2D eigenvalue weighted by molar-refractivity contribution is 7.86. The Morgan fingerprint density at radius 3 is 1.57 bits per heavy atom. The fourth-order valence-corrected chi connectivity index (χ4v) is 15.2. The van der Waals surface area contributed by atoms with Gasteiger partial charge in [-0.15, -0.1) is 45.3 Å². The van der Waals surface area contributed by atoms with E-state index in [2.05, 4.69) is 26.0 Å². The van der Waals surface area contributed by atoms with E-state index < -0.39 is 5.60 Å². The van der Waals surface area contributed by atoms with E-state index >= 15 is 0 Å². The molecule has 0 aromatic carbocycles. The van der Waals surface area contributed by atoms with Crippen molar-refractivity contribution < 1.29 is 4.74 Å². The van der Waals surface area contributed by atoms with E-state index in [1.54, 1.807) is 22.7 Å². The Morgan fingerprint density at radius 1 is 0.636 bits per heavy atom. The van der Waals surface area contributed by atoms with Crippen LogP contribution in [0, 0.1) is 23.7 Å². The van der Waals surface area contributed by atoms with Gasteiger partial charge in [-0.3, -0.25) is 0 Å². The first kappa shape index (κ1) is 29.0. The van der Waals surface area contributed by atoms with Crippen LogP contribution in [0.5, 0.6) is 5.75 Å². The predicted octanol–water partition coefficient (Wildman–Crippen LogP) is 11.8. The van der Waals surface area contributed by atoms with Crippen molar-refractivity contribution in [2.24, 2.45) is 33.7 Å². The second-order valence-corrected chi connectivity index (χ2v) is 19.0. The summed E-state index contributed by atoms with van der Waals surface area (Å²) in [6.45, 7) is 4.38. The Morgan fingerprint density at radius 2 is 1.07 bits per heavy atom. The van der Waals surface area contributed by atoms with Gasteiger partial charge in [0.15, 0.2) is 5.75 Å². The van der Waals surface area contributed by atoms with Crippen LogP contribution in [0.1, 0.15) is 70.8 Å². The van der Waals surface area contributed by atoms with E-state index in [-0.39, 0.29) is 0 Å². The lowest BCUT2D eigenvalue weighted by Gasteiger charge is -2.31. The largest absolute Gasteiger partial charge is 0.480 e. The number of thiocarbonyl (C=S) groups is 4. The van der Waals surface area contributed by atoms with Crippen LogP contribution in [0.25, 0.3) is 28.6 Å². The van der Waals surface area contributed by atoms with Gasteiger partial charge in [0.25, 0.3) is 0 Å². The number of hydrogen-bond acceptors (Lipinski definition) is 11. The summed E-state index contributed by atoms with van der Waals surface area (Å²) in [4.78, 5) is 16.7. The molecule has 4 unspecified atom stereocenters. The smallest absolute Gasteiger partial charge is 0.157 e. The van der Waals surface area contributed by atoms with Gasteiger partial charge >= 0.3 is 0 Å². The third-order valence-corrected chi connectivity index (χ3v) is 16.8. The lowest BCUT2D eigenvalue weighted by molar-refractivity contribution is 0.111. The minimum atomic E-state index is -0.475. The summed E-state index contributed by atoms with van der Waals surface area (Å²) in [5.74, 6) is 2.65. The fourth-order valence-electron chi connectivity index (χ4n) is 8.00. The molecule has 0 bridgehead atoms. The standard InChI is InChI=1S/C33H28N2OS8/c1-33(2)21-29-17(11-19(43-29)34-22-25(37)13-7-3-4-8-14(13)26(22)38)41-31(21)32-24(36-33)30-18(42-32)12-20(44-30)35-23-27(39)15-9-5-6-10-16(15)28(23)40/h11-16H,3-10H2,1-2H3. The van der Waals surface area contributed by atoms with E-state index in [4.69, 9.17) is 63.6 Å². The molecule has 4 atom stereocenters. The third kappa shape index (κ3) is 4.22. The molecular weight excluding hydrogens is 697 g/mol. The predicted molar refractivity (Wildman–Crippen MR) is 208 cm³/mol. The summed E-state index contributed by atoms with van der Waals surface area (Å²) in [7, 11) is 0. The quantitative estimate of drug-likeness (QED) is 0.192. The van der Waals surface area contributed by atoms with Gasteiger partial charge < -0.3 is 4.74 Å². The normalized spacial score (nSPS) is 27.5. The average Bonchev–Trinajstić information content (AvgIpc) is 3.82. The maximum absolute atomic E-state index is 6.87. The number of thiophene rings is 4. The molecule has 4 saturated carbocycles. The summed E-state index contributed by atoms with van der Waals surface area (Å²) in [5, 5.41) is 1.96. The zero-order valence-electron chi connectivity index (χ0n) is 24.2. The number of fused-ring (bicyclic) bond motifs is 9. The number of hydrogen-bond donors (Lipinski definition) is 0. The fraction of sp³-hybridized carbons (Fsp3) is 0.455. The number of aliphatic imine (C=N–C) groups is 2. The molecule has 5 aliphatic rings. The number of ether oxygens (including phenoxy) is 1. The Labute approximate surface area is 293 Å². The van der Waals surface area contributed by atoms with Crippen LogP contribution in [-0.2, 0) is 5.60 Å². The molecule has 11 heteroatoms. The second kappa shape index (κ2) is 10.4. The van der Waals surface area contributed by atoms with Gasteiger partial charge in [0.1, 0.15) is 15.6 Å². The van der Waals surface area contributed by atoms with Crippen molar-refractivity contribution in [3.05, 3.63) is 17.7 Å². The Bertz CT molecular complexity index is 1990. The highest BCUT2D eigenvalue weighted by atomic mass is 32.1. The number of nitrogens with zero attached hydrogens (tertiary/aromatic N) is 2. The van der Waals surface area contributed by atoms with Gasteiger partial charge in [-0.25, -0.2) is 9.98 Å². The molecule has 0 amide bonds. The first-order valence-corrected chi connectivity index (χ1v) is 20.3. The molecule has 0 spiro atoms. The topological polar surface area (TPSA) is 34.0 Å². The minimum absolute atomic E-state index is 0.413. The molecule has 44 heavy (non-hydrogen) atoms. The van der Waals surface area contributed by atoms with Gasteiger partial charge in [-0.1, -0.05) is 74.6 Å². The van der Waals surface area contributed by atoms with Gasteiger partial charge in [0.2, 0.25) is 0 Å². The van der Waals surface area contributed by atoms with Gasteiger partial charge in [0.05, 0.1) is 35.3 Å². The van der Waals surface area contributed by atoms with Crippen LogP contribution >= 0.6 is 94.2 Å². The third-order valence-electron chi connectivity index (χ3n) is 10.1. The number of rotatable bonds is 2. The average molecular weight is 725 g/mol. The van der Waals surface area contributed by atoms with Crippen molar-refractivity contribution >= 4 is 154 Å². The van der Waals surface area contributed by atoms with E-state index in [1.165, 1.54) is 59.8 Å². The minimum Gasteiger partial charge on any atom is -0.480 e. The first-order valence-electron chi connectivity index (χ1n) is 15.4. The van der Waals surface area contributed by atoms with E-state index in [0.29, 0.717) is 23.7 Å². The molecule has 4 aromatic heterocycles. The molecule has 0 N–H and O–H groups in total. The lowest BCUT2D eigenvalue weighted by atomic mass is 9.82. The summed E-state index contributed by atoms with van der Waals surface area (Å²) in [6.07, 6.45) is 9.57. The molecule has 4 aromatic rings. The molecule has 5 heterocycles. The molecule has 224 valence electrons. The monoisotopic (exact) mass is 724 g/mol. The highest BCUT2D eigenvalue weighted by Gasteiger charge is 2.44. The molecule has 4 fully saturated rings. The van der Waals surface area contributed by atoms with Crippen LogP contribution in [0.4, 0.5) is 10.0 Å². The Kier molecular flexibility index (Phi) is 6.86. The SMILES string of the molecule is CC1(C)Oc2c(sc3cc(N=C4C(=S)C5CCCCC5C4=S)sc23)-c2sc3cc(N=C4C(=S)C5CCCCC5C4=S)sc3c21. The van der Waals surface area contributed by atoms with Crippen molar-refractivity contribution in [1.82, 2.24) is 0 Å². The van der Waals surface area contributed by atoms with Crippen molar-refractivity contribution in [3.63, 3.8) is 0 Å². The summed E-state index contributed by atoms with van der Waals surface area (Å²) in [6, 6.07) is 4.43. The Hall–Kier alpha value is -1.18. The maximum Gasteiger partial charge on any atom is 0.157 e. The second-order valence-electron chi connectivity index (χ2n) is 13.1. The van der Waals surface area contributed by atoms with E-state index in [0.717, 1.165) is 72.3 Å². The van der Waals surface area contributed by atoms with Crippen LogP contribution < -0.4 is 4.74 Å². The summed E-state index contributed by atoms with van der Waals surface area (Å²) >= 11 is 30.7. The molecule has 3 nitrogen and oxygen atoms in total. The van der Waals surface area contributed by atoms with Crippen LogP contribution in [0.2, 0.25) is 0 Å². The Balaban J connectivity index is 1.08. The van der Waals surface area contributed by atoms with Crippen molar-refractivity contribution in [2.45, 2.75) is 70.8 Å². The van der Waals surface area contributed by atoms with Gasteiger partial charge in [0, 0.05) is 53.4 Å². The molecule has 0 radical (unpaired) electrons. The molecule has 1 aliphatic heterocycles. The zero-order chi connectivity index (χ0) is 30.1. The van der Waals surface area contributed by atoms with Gasteiger partial charge in [-0.2, -0.15) is 0 Å². The van der Waals surface area contributed by atoms with Crippen LogP contribution in [0.3, 0.4) is 0 Å². The maximum atomic E-state index is 6.87. The summed E-state index contributed by atoms with van der Waals surface area (Å²) in [5.41, 5.74) is 2.60. The van der Waals surface area contributed by atoms with Gasteiger partial charge in [-0.05, 0) is 51.7 Å². The van der Waals surface area contributed by atoms with Crippen molar-refractivity contribution in [3.8, 4) is 15.5 Å². The molecule has 4 aliphatic carbocycles. The van der Waals surface area contributed by atoms with Crippen molar-refractivity contribution in [2.75, 3.05) is 0 Å². The lowest BCUT2D eigenvalue weighted by Crippen LogP contribution is -2.27. The van der Waals surface area contributed by atoms with Crippen molar-refractivity contribution in [1.29, 1.82) is 0 Å².